The number of ether oxygens (including phenoxy) is 2. The lowest BCUT2D eigenvalue weighted by Crippen LogP contribution is -2.37. The minimum absolute atomic E-state index is 0.123. The van der Waals surface area contributed by atoms with E-state index in [4.69, 9.17) is 20.9 Å². The van der Waals surface area contributed by atoms with E-state index in [9.17, 15) is 4.79 Å². The molecule has 5 rings (SSSR count). The van der Waals surface area contributed by atoms with Crippen LogP contribution in [-0.2, 0) is 11.2 Å². The van der Waals surface area contributed by atoms with Crippen molar-refractivity contribution >= 4 is 17.5 Å². The van der Waals surface area contributed by atoms with Crippen LogP contribution in [0.4, 0.5) is 11.5 Å². The zero-order valence-corrected chi connectivity index (χ0v) is 21.3. The molecule has 3 heterocycles. The van der Waals surface area contributed by atoms with Crippen LogP contribution in [0.25, 0.3) is 0 Å². The molecule has 3 aliphatic rings. The fourth-order valence-electron chi connectivity index (χ4n) is 5.31. The molecule has 2 aromatic rings. The van der Waals surface area contributed by atoms with E-state index in [2.05, 4.69) is 37.6 Å². The number of nitrogens with two attached hydrogens (primary N) is 2. The molecule has 0 amide bonds. The number of aliphatic imine (C=N–C) groups is 1. The fraction of sp³-hybridized carbons (Fsp3) is 0.577. The van der Waals surface area contributed by atoms with Crippen LogP contribution in [0.5, 0.6) is 11.5 Å². The number of aromatic nitrogens is 2. The summed E-state index contributed by atoms with van der Waals surface area (Å²) in [4.78, 5) is 23.7. The number of benzene rings is 1. The Morgan fingerprint density at radius 2 is 1.97 bits per heavy atom. The smallest absolute Gasteiger partial charge is 0.350 e. The van der Waals surface area contributed by atoms with Crippen molar-refractivity contribution in [2.45, 2.75) is 50.6 Å². The molecule has 6 N–H and O–H groups in total. The van der Waals surface area contributed by atoms with Crippen molar-refractivity contribution in [3.8, 4) is 11.5 Å². The minimum atomic E-state index is -0.240. The summed E-state index contributed by atoms with van der Waals surface area (Å²) < 4.78 is 13.4. The summed E-state index contributed by atoms with van der Waals surface area (Å²) >= 11 is 0. The maximum absolute atomic E-state index is 12.9. The lowest BCUT2D eigenvalue weighted by Gasteiger charge is -2.31. The third-order valence-electron chi connectivity index (χ3n) is 7.41. The molecule has 1 saturated carbocycles. The Labute approximate surface area is 217 Å². The maximum atomic E-state index is 12.9. The van der Waals surface area contributed by atoms with Gasteiger partial charge in [0.05, 0.1) is 25.1 Å². The number of rotatable bonds is 9. The Morgan fingerprint density at radius 1 is 1.16 bits per heavy atom. The molecule has 0 bridgehead atoms. The molecular weight excluding hydrogens is 472 g/mol. The van der Waals surface area contributed by atoms with Crippen LogP contribution in [0.2, 0.25) is 0 Å². The zero-order chi connectivity index (χ0) is 25.6. The molecule has 1 aliphatic carbocycles. The molecule has 0 atom stereocenters. The van der Waals surface area contributed by atoms with Gasteiger partial charge in [-0.05, 0) is 62.8 Å². The predicted molar refractivity (Wildman–Crippen MR) is 144 cm³/mol. The van der Waals surface area contributed by atoms with Crippen molar-refractivity contribution in [3.63, 3.8) is 0 Å². The second-order valence-corrected chi connectivity index (χ2v) is 10.0. The number of guanidine groups is 1. The van der Waals surface area contributed by atoms with Crippen molar-refractivity contribution in [3.05, 3.63) is 40.4 Å². The van der Waals surface area contributed by atoms with Gasteiger partial charge in [0.2, 0.25) is 0 Å². The molecule has 1 aromatic carbocycles. The van der Waals surface area contributed by atoms with Crippen molar-refractivity contribution in [1.29, 1.82) is 0 Å². The molecule has 0 radical (unpaired) electrons. The molecule has 2 aliphatic heterocycles. The summed E-state index contributed by atoms with van der Waals surface area (Å²) in [5.41, 5.74) is 12.6. The summed E-state index contributed by atoms with van der Waals surface area (Å²) in [6.45, 7) is 6.08. The molecule has 1 aromatic heterocycles. The Balaban J connectivity index is 1.16. The van der Waals surface area contributed by atoms with Crippen LogP contribution < -0.4 is 32.5 Å². The van der Waals surface area contributed by atoms with Gasteiger partial charge in [0.15, 0.2) is 23.3 Å². The molecule has 1 saturated heterocycles. The zero-order valence-electron chi connectivity index (χ0n) is 21.3. The topological polar surface area (TPSA) is 145 Å². The van der Waals surface area contributed by atoms with Gasteiger partial charge in [-0.1, -0.05) is 6.07 Å². The van der Waals surface area contributed by atoms with E-state index >= 15 is 0 Å². The lowest BCUT2D eigenvalue weighted by atomic mass is 9.91. The van der Waals surface area contributed by atoms with Crippen LogP contribution in [0.1, 0.15) is 43.7 Å². The number of hydrogen-bond donors (Lipinski definition) is 4. The van der Waals surface area contributed by atoms with Crippen molar-refractivity contribution in [2.75, 3.05) is 51.3 Å². The van der Waals surface area contributed by atoms with Gasteiger partial charge >= 0.3 is 5.69 Å². The first-order valence-electron chi connectivity index (χ1n) is 13.3. The van der Waals surface area contributed by atoms with Crippen molar-refractivity contribution in [2.24, 2.45) is 16.5 Å². The number of fused-ring (bicyclic) bond motifs is 2. The van der Waals surface area contributed by atoms with Gasteiger partial charge < -0.3 is 31.6 Å². The van der Waals surface area contributed by atoms with Crippen LogP contribution in [0.3, 0.4) is 0 Å². The Kier molecular flexibility index (Phi) is 8.22. The van der Waals surface area contributed by atoms with E-state index in [1.54, 1.807) is 4.57 Å². The molecule has 37 heavy (non-hydrogen) atoms. The molecular formula is C26H38N8O3. The van der Waals surface area contributed by atoms with Gasteiger partial charge in [-0.3, -0.25) is 14.5 Å². The summed E-state index contributed by atoms with van der Waals surface area (Å²) in [5.74, 6) is 1.96. The highest BCUT2D eigenvalue weighted by molar-refractivity contribution is 5.75. The normalized spacial score (nSPS) is 21.3. The number of hydrogen-bond acceptors (Lipinski definition) is 8. The molecule has 11 nitrogen and oxygen atoms in total. The quantitative estimate of drug-likeness (QED) is 0.192. The highest BCUT2D eigenvalue weighted by atomic mass is 16.5. The highest BCUT2D eigenvalue weighted by Crippen LogP contribution is 2.41. The summed E-state index contributed by atoms with van der Waals surface area (Å²) in [5, 5.41) is 6.90. The molecule has 11 heteroatoms. The first kappa shape index (κ1) is 25.5. The predicted octanol–water partition coefficient (Wildman–Crippen LogP) is 1.70. The van der Waals surface area contributed by atoms with Crippen LogP contribution in [0, 0.1) is 0 Å². The third kappa shape index (κ3) is 6.60. The minimum Gasteiger partial charge on any atom is -0.450 e. The van der Waals surface area contributed by atoms with Crippen molar-refractivity contribution in [1.82, 2.24) is 19.8 Å². The molecule has 200 valence electrons. The average Bonchev–Trinajstić information content (AvgIpc) is 2.91. The number of nitrogens with zero attached hydrogens (tertiary/aromatic N) is 4. The van der Waals surface area contributed by atoms with E-state index in [0.29, 0.717) is 24.2 Å². The monoisotopic (exact) mass is 510 g/mol. The second kappa shape index (κ2) is 11.9. The Hall–Kier alpha value is -3.15. The van der Waals surface area contributed by atoms with E-state index in [1.807, 2.05) is 12.3 Å². The number of morpholine rings is 1. The average molecular weight is 511 g/mol. The first-order valence-corrected chi connectivity index (χ1v) is 13.3. The summed E-state index contributed by atoms with van der Waals surface area (Å²) in [6.07, 6.45) is 7.51. The second-order valence-electron chi connectivity index (χ2n) is 10.0. The molecule has 2 fully saturated rings. The number of nitrogens with one attached hydrogen (secondary N) is 2. The largest absolute Gasteiger partial charge is 0.450 e. The molecule has 0 unspecified atom stereocenters. The van der Waals surface area contributed by atoms with Crippen LogP contribution >= 0.6 is 0 Å². The van der Waals surface area contributed by atoms with E-state index in [-0.39, 0.29) is 17.7 Å². The highest BCUT2D eigenvalue weighted by Gasteiger charge is 2.26. The Bertz CT molecular complexity index is 1150. The standard InChI is InChI=1S/C26H38N8O3/c27-25(28)30-10-1-9-29-19-3-5-20(6-4-19)34-17-23-24(32-26(34)35)31-21-16-18(2-7-22(21)37-23)8-11-33-12-14-36-15-13-33/h2,7,16-17,19-20,29H,1,3-6,8-15H2,(H4,27,28,30)(H,31,32,35). The molecule has 0 spiro atoms. The van der Waals surface area contributed by atoms with Gasteiger partial charge in [-0.2, -0.15) is 4.98 Å². The van der Waals surface area contributed by atoms with E-state index in [0.717, 1.165) is 89.4 Å². The van der Waals surface area contributed by atoms with Crippen molar-refractivity contribution < 1.29 is 9.47 Å². The van der Waals surface area contributed by atoms with Gasteiger partial charge in [0.1, 0.15) is 0 Å². The third-order valence-corrected chi connectivity index (χ3v) is 7.41. The van der Waals surface area contributed by atoms with Gasteiger partial charge in [0.25, 0.3) is 0 Å². The number of anilines is 2. The van der Waals surface area contributed by atoms with E-state index < -0.39 is 0 Å². The van der Waals surface area contributed by atoms with Gasteiger partial charge in [0, 0.05) is 38.3 Å². The van der Waals surface area contributed by atoms with Gasteiger partial charge in [-0.15, -0.1) is 0 Å². The first-order chi connectivity index (χ1) is 18.0. The lowest BCUT2D eigenvalue weighted by molar-refractivity contribution is 0.0384. The van der Waals surface area contributed by atoms with Crippen LogP contribution in [-0.4, -0.2) is 72.4 Å². The summed E-state index contributed by atoms with van der Waals surface area (Å²) in [7, 11) is 0. The fourth-order valence-corrected chi connectivity index (χ4v) is 5.31. The maximum Gasteiger partial charge on any atom is 0.350 e. The summed E-state index contributed by atoms with van der Waals surface area (Å²) in [6, 6.07) is 6.77. The van der Waals surface area contributed by atoms with Gasteiger partial charge in [-0.25, -0.2) is 4.79 Å². The van der Waals surface area contributed by atoms with Crippen LogP contribution in [0.15, 0.2) is 34.2 Å². The Morgan fingerprint density at radius 3 is 2.76 bits per heavy atom. The van der Waals surface area contributed by atoms with E-state index in [1.165, 1.54) is 5.56 Å². The SMILES string of the molecule is NC(N)=NCCCNC1CCC(n2cc3c(nc2=O)Nc2cc(CCN4CCOCC4)ccc2O3)CC1.